The van der Waals surface area contributed by atoms with Gasteiger partial charge in [-0.25, -0.2) is 0 Å². The molecule has 0 aliphatic rings. The summed E-state index contributed by atoms with van der Waals surface area (Å²) in [5.74, 6) is -0.0917. The van der Waals surface area contributed by atoms with Gasteiger partial charge in [0.15, 0.2) is 0 Å². The molecule has 0 fully saturated rings. The first-order valence-corrected chi connectivity index (χ1v) is 8.06. The van der Waals surface area contributed by atoms with Crippen LogP contribution in [0.25, 0.3) is 0 Å². The second kappa shape index (κ2) is 8.77. The molecular weight excluding hydrogens is 316 g/mol. The quantitative estimate of drug-likeness (QED) is 0.807. The van der Waals surface area contributed by atoms with Crippen LogP contribution in [0.4, 0.5) is 5.69 Å². The Morgan fingerprint density at radius 2 is 1.74 bits per heavy atom. The molecule has 2 amide bonds. The zero-order chi connectivity index (χ0) is 17.6. The highest BCUT2D eigenvalue weighted by molar-refractivity contribution is 6.39. The molecule has 0 heterocycles. The molecule has 0 aliphatic heterocycles. The SMILES string of the molecule is COc1ccc(NC(=O)C(=O)N(CC(C)C)CC(C)C)cc1Cl. The highest BCUT2D eigenvalue weighted by Gasteiger charge is 2.23. The van der Waals surface area contributed by atoms with Crippen LogP contribution < -0.4 is 10.1 Å². The fraction of sp³-hybridized carbons (Fsp3) is 0.529. The molecule has 1 aromatic carbocycles. The van der Waals surface area contributed by atoms with Gasteiger partial charge in [-0.05, 0) is 30.0 Å². The largest absolute Gasteiger partial charge is 0.495 e. The van der Waals surface area contributed by atoms with Gasteiger partial charge < -0.3 is 15.0 Å². The van der Waals surface area contributed by atoms with Crippen LogP contribution in [0.5, 0.6) is 5.75 Å². The third kappa shape index (κ3) is 6.10. The van der Waals surface area contributed by atoms with Gasteiger partial charge >= 0.3 is 11.8 Å². The minimum absolute atomic E-state index is 0.293. The third-order valence-corrected chi connectivity index (χ3v) is 3.36. The van der Waals surface area contributed by atoms with Crippen molar-refractivity contribution in [1.82, 2.24) is 4.90 Å². The lowest BCUT2D eigenvalue weighted by Gasteiger charge is -2.25. The molecule has 0 bridgehead atoms. The first-order valence-electron chi connectivity index (χ1n) is 7.68. The average Bonchev–Trinajstić information content (AvgIpc) is 2.45. The molecule has 0 aliphatic carbocycles. The maximum atomic E-state index is 12.4. The molecule has 128 valence electrons. The van der Waals surface area contributed by atoms with Gasteiger partial charge in [-0.1, -0.05) is 39.3 Å². The monoisotopic (exact) mass is 340 g/mol. The van der Waals surface area contributed by atoms with E-state index in [4.69, 9.17) is 16.3 Å². The first-order chi connectivity index (χ1) is 10.7. The Morgan fingerprint density at radius 3 is 2.17 bits per heavy atom. The van der Waals surface area contributed by atoms with Crippen molar-refractivity contribution in [2.24, 2.45) is 11.8 Å². The van der Waals surface area contributed by atoms with Crippen molar-refractivity contribution in [3.63, 3.8) is 0 Å². The summed E-state index contributed by atoms with van der Waals surface area (Å²) in [5, 5.41) is 2.96. The number of methoxy groups -OCH3 is 1. The zero-order valence-electron chi connectivity index (χ0n) is 14.4. The van der Waals surface area contributed by atoms with Crippen LogP contribution in [-0.4, -0.2) is 36.9 Å². The van der Waals surface area contributed by atoms with Crippen LogP contribution >= 0.6 is 11.6 Å². The standard InChI is InChI=1S/C17H25ClN2O3/c1-11(2)9-20(10-12(3)4)17(22)16(21)19-13-6-7-15(23-5)14(18)8-13/h6-8,11-12H,9-10H2,1-5H3,(H,19,21). The number of rotatable bonds is 6. The van der Waals surface area contributed by atoms with Crippen molar-refractivity contribution in [2.75, 3.05) is 25.5 Å². The molecule has 0 aromatic heterocycles. The first kappa shape index (κ1) is 19.3. The average molecular weight is 341 g/mol. The van der Waals surface area contributed by atoms with Crippen LogP contribution in [-0.2, 0) is 9.59 Å². The Morgan fingerprint density at radius 1 is 1.17 bits per heavy atom. The summed E-state index contributed by atoms with van der Waals surface area (Å²) in [7, 11) is 1.51. The molecule has 1 aromatic rings. The van der Waals surface area contributed by atoms with Gasteiger partial charge in [0, 0.05) is 18.8 Å². The molecule has 5 nitrogen and oxygen atoms in total. The number of nitrogens with zero attached hydrogens (tertiary/aromatic N) is 1. The second-order valence-electron chi connectivity index (χ2n) is 6.30. The summed E-state index contributed by atoms with van der Waals surface area (Å²) in [4.78, 5) is 26.2. The number of hydrogen-bond donors (Lipinski definition) is 1. The fourth-order valence-corrected chi connectivity index (χ4v) is 2.45. The predicted octanol–water partition coefficient (Wildman–Crippen LogP) is 3.43. The van der Waals surface area contributed by atoms with Gasteiger partial charge in [-0.2, -0.15) is 0 Å². The molecular formula is C17H25ClN2O3. The maximum absolute atomic E-state index is 12.4. The van der Waals surface area contributed by atoms with Crippen molar-refractivity contribution in [2.45, 2.75) is 27.7 Å². The summed E-state index contributed by atoms with van der Waals surface area (Å²) < 4.78 is 5.06. The van der Waals surface area contributed by atoms with Crippen molar-refractivity contribution >= 4 is 29.1 Å². The van der Waals surface area contributed by atoms with E-state index in [1.165, 1.54) is 7.11 Å². The van der Waals surface area contributed by atoms with Crippen LogP contribution in [0.1, 0.15) is 27.7 Å². The van der Waals surface area contributed by atoms with E-state index in [0.29, 0.717) is 41.4 Å². The van der Waals surface area contributed by atoms with E-state index >= 15 is 0 Å². The third-order valence-electron chi connectivity index (χ3n) is 3.06. The Hall–Kier alpha value is -1.75. The number of carbonyl (C=O) groups excluding carboxylic acids is 2. The van der Waals surface area contributed by atoms with Gasteiger partial charge in [0.05, 0.1) is 12.1 Å². The summed E-state index contributed by atoms with van der Waals surface area (Å²) in [6.45, 7) is 9.16. The number of benzene rings is 1. The van der Waals surface area contributed by atoms with E-state index in [-0.39, 0.29) is 0 Å². The van der Waals surface area contributed by atoms with Crippen molar-refractivity contribution < 1.29 is 14.3 Å². The maximum Gasteiger partial charge on any atom is 0.313 e. The van der Waals surface area contributed by atoms with E-state index in [0.717, 1.165) is 0 Å². The number of amides is 2. The number of ether oxygens (including phenoxy) is 1. The smallest absolute Gasteiger partial charge is 0.313 e. The minimum Gasteiger partial charge on any atom is -0.495 e. The molecule has 0 unspecified atom stereocenters. The van der Waals surface area contributed by atoms with Crippen molar-refractivity contribution in [3.05, 3.63) is 23.2 Å². The van der Waals surface area contributed by atoms with Gasteiger partial charge in [-0.15, -0.1) is 0 Å². The number of nitrogens with one attached hydrogen (secondary N) is 1. The van der Waals surface area contributed by atoms with E-state index in [1.807, 2.05) is 27.7 Å². The Bertz CT molecular complexity index is 549. The molecule has 0 saturated carbocycles. The number of hydrogen-bond acceptors (Lipinski definition) is 3. The lowest BCUT2D eigenvalue weighted by molar-refractivity contribution is -0.143. The number of halogens is 1. The van der Waals surface area contributed by atoms with Gasteiger partial charge in [0.1, 0.15) is 5.75 Å². The molecule has 1 N–H and O–H groups in total. The molecule has 6 heteroatoms. The summed E-state index contributed by atoms with van der Waals surface area (Å²) in [6.07, 6.45) is 0. The predicted molar refractivity (Wildman–Crippen MR) is 92.9 cm³/mol. The molecule has 0 atom stereocenters. The highest BCUT2D eigenvalue weighted by atomic mass is 35.5. The van der Waals surface area contributed by atoms with E-state index in [2.05, 4.69) is 5.32 Å². The van der Waals surface area contributed by atoms with Crippen LogP contribution in [0.2, 0.25) is 5.02 Å². The lowest BCUT2D eigenvalue weighted by Crippen LogP contribution is -2.43. The van der Waals surface area contributed by atoms with Crippen LogP contribution in [0, 0.1) is 11.8 Å². The zero-order valence-corrected chi connectivity index (χ0v) is 15.1. The Balaban J connectivity index is 2.81. The Kier molecular flexibility index (Phi) is 7.36. The molecule has 23 heavy (non-hydrogen) atoms. The highest BCUT2D eigenvalue weighted by Crippen LogP contribution is 2.27. The molecule has 0 radical (unpaired) electrons. The Labute approximate surface area is 142 Å². The molecule has 0 saturated heterocycles. The summed E-state index contributed by atoms with van der Waals surface area (Å²) >= 11 is 6.02. The van der Waals surface area contributed by atoms with E-state index < -0.39 is 11.8 Å². The minimum atomic E-state index is -0.660. The van der Waals surface area contributed by atoms with Gasteiger partial charge in [-0.3, -0.25) is 9.59 Å². The summed E-state index contributed by atoms with van der Waals surface area (Å²) in [5.41, 5.74) is 0.461. The molecule has 0 spiro atoms. The fourth-order valence-electron chi connectivity index (χ4n) is 2.19. The van der Waals surface area contributed by atoms with Crippen molar-refractivity contribution in [1.29, 1.82) is 0 Å². The number of anilines is 1. The van der Waals surface area contributed by atoms with Gasteiger partial charge in [0.25, 0.3) is 0 Å². The van der Waals surface area contributed by atoms with Crippen molar-refractivity contribution in [3.8, 4) is 5.75 Å². The second-order valence-corrected chi connectivity index (χ2v) is 6.71. The number of carbonyl (C=O) groups is 2. The van der Waals surface area contributed by atoms with Gasteiger partial charge in [0.2, 0.25) is 0 Å². The van der Waals surface area contributed by atoms with Crippen LogP contribution in [0.3, 0.4) is 0 Å². The van der Waals surface area contributed by atoms with Crippen LogP contribution in [0.15, 0.2) is 18.2 Å². The molecule has 1 rings (SSSR count). The van der Waals surface area contributed by atoms with E-state index in [1.54, 1.807) is 23.1 Å². The normalized spacial score (nSPS) is 10.8. The topological polar surface area (TPSA) is 58.6 Å². The lowest BCUT2D eigenvalue weighted by atomic mass is 10.1. The summed E-state index contributed by atoms with van der Waals surface area (Å²) in [6, 6.07) is 4.84. The van der Waals surface area contributed by atoms with E-state index in [9.17, 15) is 9.59 Å².